The Morgan fingerprint density at radius 1 is 0.833 bits per heavy atom. The molecule has 0 spiro atoms. The van der Waals surface area contributed by atoms with Crippen molar-refractivity contribution in [3.8, 4) is 22.4 Å². The summed E-state index contributed by atoms with van der Waals surface area (Å²) < 4.78 is 13.1. The van der Waals surface area contributed by atoms with Gasteiger partial charge in [-0.05, 0) is 53.8 Å². The normalized spacial score (nSPS) is 10.8. The van der Waals surface area contributed by atoms with Crippen LogP contribution in [-0.4, -0.2) is 4.98 Å². The second-order valence-corrected chi connectivity index (χ2v) is 6.10. The molecule has 3 rings (SSSR count). The van der Waals surface area contributed by atoms with E-state index in [1.54, 1.807) is 12.1 Å². The fourth-order valence-corrected chi connectivity index (χ4v) is 2.82. The number of benzene rings is 2. The predicted molar refractivity (Wildman–Crippen MR) is 98.3 cm³/mol. The topological polar surface area (TPSA) is 12.9 Å². The molecule has 0 radical (unpaired) electrons. The number of pyridine rings is 1. The lowest BCUT2D eigenvalue weighted by molar-refractivity contribution is 0.628. The average Bonchev–Trinajstić information content (AvgIpc) is 2.63. The summed E-state index contributed by atoms with van der Waals surface area (Å²) in [5.74, 6) is -0.213. The number of aryl methyl sites for hydroxylation is 1. The van der Waals surface area contributed by atoms with E-state index in [9.17, 15) is 4.39 Å². The fraction of sp³-hybridized carbons (Fsp3) is 0.227. The highest BCUT2D eigenvalue weighted by molar-refractivity contribution is 5.71. The molecule has 2 aromatic carbocycles. The molecule has 0 saturated heterocycles. The summed E-state index contributed by atoms with van der Waals surface area (Å²) in [6, 6.07) is 19.1. The molecular formula is C22H22FN. The summed E-state index contributed by atoms with van der Waals surface area (Å²) in [5, 5.41) is 0. The van der Waals surface area contributed by atoms with Crippen LogP contribution in [0.3, 0.4) is 0 Å². The standard InChI is InChI=1S/C22H22FN/c1-2-3-4-6-17-9-14-22(24-16-17)20-8-5-7-19(15-20)18-10-12-21(23)13-11-18/h5,7-16H,2-4,6H2,1H3. The van der Waals surface area contributed by atoms with Gasteiger partial charge in [-0.1, -0.05) is 56.2 Å². The minimum atomic E-state index is -0.213. The highest BCUT2D eigenvalue weighted by Crippen LogP contribution is 2.25. The summed E-state index contributed by atoms with van der Waals surface area (Å²) in [4.78, 5) is 4.62. The Kier molecular flexibility index (Phi) is 5.37. The van der Waals surface area contributed by atoms with Crippen molar-refractivity contribution >= 4 is 0 Å². The molecule has 0 aliphatic carbocycles. The van der Waals surface area contributed by atoms with Gasteiger partial charge in [-0.25, -0.2) is 4.39 Å². The predicted octanol–water partition coefficient (Wildman–Crippen LogP) is 6.29. The van der Waals surface area contributed by atoms with Gasteiger partial charge in [0.1, 0.15) is 5.82 Å². The van der Waals surface area contributed by atoms with Crippen molar-refractivity contribution < 1.29 is 4.39 Å². The third-order valence-corrected chi connectivity index (χ3v) is 4.23. The molecule has 0 saturated carbocycles. The lowest BCUT2D eigenvalue weighted by atomic mass is 10.0. The number of aromatic nitrogens is 1. The Morgan fingerprint density at radius 3 is 2.33 bits per heavy atom. The van der Waals surface area contributed by atoms with E-state index in [0.29, 0.717) is 0 Å². The molecule has 1 nitrogen and oxygen atoms in total. The second kappa shape index (κ2) is 7.87. The molecule has 122 valence electrons. The van der Waals surface area contributed by atoms with Crippen LogP contribution in [0.4, 0.5) is 4.39 Å². The molecule has 0 bridgehead atoms. The SMILES string of the molecule is CCCCCc1ccc(-c2cccc(-c3ccc(F)cc3)c2)nc1. The molecule has 1 heterocycles. The van der Waals surface area contributed by atoms with Gasteiger partial charge in [0.05, 0.1) is 5.69 Å². The van der Waals surface area contributed by atoms with Crippen LogP contribution in [0, 0.1) is 5.82 Å². The van der Waals surface area contributed by atoms with Gasteiger partial charge in [-0.3, -0.25) is 4.98 Å². The maximum Gasteiger partial charge on any atom is 0.123 e. The molecule has 0 atom stereocenters. The van der Waals surface area contributed by atoms with E-state index in [2.05, 4.69) is 36.2 Å². The monoisotopic (exact) mass is 319 g/mol. The van der Waals surface area contributed by atoms with Gasteiger partial charge in [0, 0.05) is 11.8 Å². The molecule has 0 fully saturated rings. The lowest BCUT2D eigenvalue weighted by Crippen LogP contribution is -1.90. The Morgan fingerprint density at radius 2 is 1.62 bits per heavy atom. The van der Waals surface area contributed by atoms with E-state index in [1.165, 1.54) is 37.0 Å². The third kappa shape index (κ3) is 4.08. The molecule has 0 amide bonds. The highest BCUT2D eigenvalue weighted by Gasteiger charge is 2.04. The Bertz CT molecular complexity index is 776. The summed E-state index contributed by atoms with van der Waals surface area (Å²) in [6.07, 6.45) is 6.80. The van der Waals surface area contributed by atoms with Gasteiger partial charge in [-0.2, -0.15) is 0 Å². The van der Waals surface area contributed by atoms with Crippen molar-refractivity contribution in [1.82, 2.24) is 4.98 Å². The van der Waals surface area contributed by atoms with Gasteiger partial charge in [0.25, 0.3) is 0 Å². The van der Waals surface area contributed by atoms with Gasteiger partial charge in [0.2, 0.25) is 0 Å². The van der Waals surface area contributed by atoms with Gasteiger partial charge < -0.3 is 0 Å². The van der Waals surface area contributed by atoms with Crippen LogP contribution in [0.2, 0.25) is 0 Å². The minimum Gasteiger partial charge on any atom is -0.256 e. The average molecular weight is 319 g/mol. The minimum absolute atomic E-state index is 0.213. The Labute approximate surface area is 143 Å². The van der Waals surface area contributed by atoms with Gasteiger partial charge in [0.15, 0.2) is 0 Å². The zero-order valence-corrected chi connectivity index (χ0v) is 14.0. The number of unbranched alkanes of at least 4 members (excludes halogenated alkanes) is 2. The van der Waals surface area contributed by atoms with Crippen LogP contribution in [0.15, 0.2) is 66.9 Å². The van der Waals surface area contributed by atoms with Crippen molar-refractivity contribution in [1.29, 1.82) is 0 Å². The molecule has 0 N–H and O–H groups in total. The summed E-state index contributed by atoms with van der Waals surface area (Å²) >= 11 is 0. The van der Waals surface area contributed by atoms with Gasteiger partial charge in [-0.15, -0.1) is 0 Å². The van der Waals surface area contributed by atoms with Crippen LogP contribution in [0.1, 0.15) is 31.7 Å². The summed E-state index contributed by atoms with van der Waals surface area (Å²) in [5.41, 5.74) is 5.42. The van der Waals surface area contributed by atoms with Crippen LogP contribution < -0.4 is 0 Å². The van der Waals surface area contributed by atoms with E-state index in [4.69, 9.17) is 0 Å². The number of nitrogens with zero attached hydrogens (tertiary/aromatic N) is 1. The highest BCUT2D eigenvalue weighted by atomic mass is 19.1. The first-order valence-corrected chi connectivity index (χ1v) is 8.57. The molecule has 0 unspecified atom stereocenters. The zero-order valence-electron chi connectivity index (χ0n) is 14.0. The van der Waals surface area contributed by atoms with Crippen LogP contribution >= 0.6 is 0 Å². The second-order valence-electron chi connectivity index (χ2n) is 6.10. The fourth-order valence-electron chi connectivity index (χ4n) is 2.82. The summed E-state index contributed by atoms with van der Waals surface area (Å²) in [7, 11) is 0. The van der Waals surface area contributed by atoms with Gasteiger partial charge >= 0.3 is 0 Å². The van der Waals surface area contributed by atoms with Crippen molar-refractivity contribution in [2.45, 2.75) is 32.6 Å². The van der Waals surface area contributed by atoms with Crippen LogP contribution in [-0.2, 0) is 6.42 Å². The molecule has 1 aromatic heterocycles. The quantitative estimate of drug-likeness (QED) is 0.487. The Hall–Kier alpha value is -2.48. The summed E-state index contributed by atoms with van der Waals surface area (Å²) in [6.45, 7) is 2.22. The third-order valence-electron chi connectivity index (χ3n) is 4.23. The number of rotatable bonds is 6. The van der Waals surface area contributed by atoms with Crippen LogP contribution in [0.5, 0.6) is 0 Å². The van der Waals surface area contributed by atoms with E-state index in [-0.39, 0.29) is 5.82 Å². The first-order valence-electron chi connectivity index (χ1n) is 8.57. The molecule has 0 aliphatic rings. The maximum atomic E-state index is 13.1. The van der Waals surface area contributed by atoms with E-state index in [1.807, 2.05) is 18.3 Å². The Balaban J connectivity index is 1.79. The van der Waals surface area contributed by atoms with E-state index >= 15 is 0 Å². The first kappa shape index (κ1) is 16.4. The smallest absolute Gasteiger partial charge is 0.123 e. The van der Waals surface area contributed by atoms with Crippen molar-refractivity contribution in [2.24, 2.45) is 0 Å². The van der Waals surface area contributed by atoms with E-state index < -0.39 is 0 Å². The number of hydrogen-bond donors (Lipinski definition) is 0. The van der Waals surface area contributed by atoms with Crippen molar-refractivity contribution in [3.63, 3.8) is 0 Å². The van der Waals surface area contributed by atoms with Crippen molar-refractivity contribution in [3.05, 3.63) is 78.2 Å². The zero-order chi connectivity index (χ0) is 16.8. The molecule has 0 aliphatic heterocycles. The first-order chi connectivity index (χ1) is 11.8. The molecule has 24 heavy (non-hydrogen) atoms. The number of halogens is 1. The maximum absolute atomic E-state index is 13.1. The molecule has 3 aromatic rings. The van der Waals surface area contributed by atoms with E-state index in [0.717, 1.165) is 28.8 Å². The lowest BCUT2D eigenvalue weighted by Gasteiger charge is -2.07. The van der Waals surface area contributed by atoms with Crippen molar-refractivity contribution in [2.75, 3.05) is 0 Å². The molecule has 2 heteroatoms. The van der Waals surface area contributed by atoms with Crippen LogP contribution in [0.25, 0.3) is 22.4 Å². The molecular weight excluding hydrogens is 297 g/mol. The largest absolute Gasteiger partial charge is 0.256 e. The number of hydrogen-bond acceptors (Lipinski definition) is 1.